The van der Waals surface area contributed by atoms with Crippen LogP contribution in [0.2, 0.25) is 5.02 Å². The van der Waals surface area contributed by atoms with Gasteiger partial charge in [0.1, 0.15) is 34.6 Å². The van der Waals surface area contributed by atoms with Crippen molar-refractivity contribution in [1.82, 2.24) is 10.5 Å². The minimum absolute atomic E-state index is 0.0258. The normalized spacial score (nSPS) is 12.1. The Morgan fingerprint density at radius 3 is 2.86 bits per heavy atom. The smallest absolute Gasteiger partial charge is 0.257 e. The van der Waals surface area contributed by atoms with Crippen LogP contribution in [0.5, 0.6) is 0 Å². The maximum atomic E-state index is 12.8. The van der Waals surface area contributed by atoms with Crippen LogP contribution in [0.15, 0.2) is 62.2 Å². The average Bonchev–Trinajstić information content (AvgIpc) is 3.46. The maximum Gasteiger partial charge on any atom is 0.257 e. The number of nitrogens with one attached hydrogen (secondary N) is 1. The highest BCUT2D eigenvalue weighted by Crippen LogP contribution is 2.31. The Labute approximate surface area is 175 Å². The van der Waals surface area contributed by atoms with Gasteiger partial charge >= 0.3 is 0 Å². The predicted octanol–water partition coefficient (Wildman–Crippen LogP) is 5.09. The summed E-state index contributed by atoms with van der Waals surface area (Å²) >= 11 is 7.79. The molecule has 4 rings (SSSR count). The van der Waals surface area contributed by atoms with Crippen molar-refractivity contribution in [1.29, 1.82) is 0 Å². The molecule has 0 saturated carbocycles. The SMILES string of the molecule is Cc1onc(-c2ccccc2Cl)c1C(=O)NCC(O)c1ccc(-c2ccsc2)o1. The fourth-order valence-corrected chi connectivity index (χ4v) is 3.82. The Morgan fingerprint density at radius 1 is 1.28 bits per heavy atom. The first-order valence-electron chi connectivity index (χ1n) is 8.84. The number of carbonyl (C=O) groups is 1. The third-order valence-electron chi connectivity index (χ3n) is 4.44. The van der Waals surface area contributed by atoms with Crippen molar-refractivity contribution in [2.24, 2.45) is 0 Å². The molecule has 148 valence electrons. The van der Waals surface area contributed by atoms with Gasteiger partial charge < -0.3 is 19.4 Å². The van der Waals surface area contributed by atoms with E-state index in [-0.39, 0.29) is 12.1 Å². The first-order chi connectivity index (χ1) is 14.0. The second-order valence-electron chi connectivity index (χ2n) is 6.38. The molecule has 1 amide bonds. The highest BCUT2D eigenvalue weighted by molar-refractivity contribution is 7.08. The maximum absolute atomic E-state index is 12.8. The third-order valence-corrected chi connectivity index (χ3v) is 5.45. The van der Waals surface area contributed by atoms with Gasteiger partial charge in [0.05, 0.1) is 11.6 Å². The lowest BCUT2D eigenvalue weighted by molar-refractivity contribution is 0.0901. The van der Waals surface area contributed by atoms with Crippen molar-refractivity contribution in [3.63, 3.8) is 0 Å². The van der Waals surface area contributed by atoms with E-state index >= 15 is 0 Å². The van der Waals surface area contributed by atoms with Crippen LogP contribution in [0.25, 0.3) is 22.6 Å². The van der Waals surface area contributed by atoms with Gasteiger partial charge in [0.2, 0.25) is 0 Å². The van der Waals surface area contributed by atoms with Gasteiger partial charge in [-0.15, -0.1) is 0 Å². The molecule has 0 aliphatic heterocycles. The molecule has 1 unspecified atom stereocenters. The highest BCUT2D eigenvalue weighted by Gasteiger charge is 2.24. The van der Waals surface area contributed by atoms with Crippen LogP contribution in [-0.2, 0) is 0 Å². The fourth-order valence-electron chi connectivity index (χ4n) is 2.95. The molecule has 0 aliphatic rings. The second-order valence-corrected chi connectivity index (χ2v) is 7.57. The summed E-state index contributed by atoms with van der Waals surface area (Å²) in [4.78, 5) is 12.8. The summed E-state index contributed by atoms with van der Waals surface area (Å²) < 4.78 is 10.9. The summed E-state index contributed by atoms with van der Waals surface area (Å²) in [5.74, 6) is 0.995. The summed E-state index contributed by atoms with van der Waals surface area (Å²) in [7, 11) is 0. The summed E-state index contributed by atoms with van der Waals surface area (Å²) in [5.41, 5.74) is 2.19. The first kappa shape index (κ1) is 19.4. The van der Waals surface area contributed by atoms with Crippen molar-refractivity contribution in [3.05, 3.63) is 75.3 Å². The summed E-state index contributed by atoms with van der Waals surface area (Å²) in [6.07, 6.45) is -0.990. The lowest BCUT2D eigenvalue weighted by Crippen LogP contribution is -2.28. The lowest BCUT2D eigenvalue weighted by atomic mass is 10.1. The number of rotatable bonds is 6. The molecule has 6 nitrogen and oxygen atoms in total. The van der Waals surface area contributed by atoms with Crippen molar-refractivity contribution in [2.75, 3.05) is 6.54 Å². The summed E-state index contributed by atoms with van der Waals surface area (Å²) in [6, 6.07) is 12.5. The molecular formula is C21H17ClN2O4S. The number of benzene rings is 1. The van der Waals surface area contributed by atoms with E-state index in [9.17, 15) is 9.90 Å². The van der Waals surface area contributed by atoms with E-state index in [1.54, 1.807) is 54.7 Å². The van der Waals surface area contributed by atoms with Gasteiger partial charge in [-0.05, 0) is 36.6 Å². The van der Waals surface area contributed by atoms with Crippen molar-refractivity contribution >= 4 is 28.8 Å². The number of carbonyl (C=O) groups excluding carboxylic acids is 1. The number of aromatic nitrogens is 1. The molecule has 0 bridgehead atoms. The van der Waals surface area contributed by atoms with Gasteiger partial charge in [-0.2, -0.15) is 11.3 Å². The Bertz CT molecular complexity index is 1130. The van der Waals surface area contributed by atoms with Crippen LogP contribution in [0.4, 0.5) is 0 Å². The standard InChI is InChI=1S/C21H17ClN2O4S/c1-12-19(20(24-28-12)14-4-2-3-5-15(14)22)21(26)23-10-16(25)18-7-6-17(27-18)13-8-9-29-11-13/h2-9,11,16,25H,10H2,1H3,(H,23,26). The Kier molecular flexibility index (Phi) is 5.53. The lowest BCUT2D eigenvalue weighted by Gasteiger charge is -2.10. The molecule has 3 heterocycles. The molecule has 3 aromatic heterocycles. The van der Waals surface area contributed by atoms with Crippen molar-refractivity contribution < 1.29 is 18.8 Å². The quantitative estimate of drug-likeness (QED) is 0.446. The highest BCUT2D eigenvalue weighted by atomic mass is 35.5. The Morgan fingerprint density at radius 2 is 2.10 bits per heavy atom. The number of aliphatic hydroxyl groups excluding tert-OH is 1. The van der Waals surface area contributed by atoms with Crippen LogP contribution in [0.1, 0.15) is 28.0 Å². The van der Waals surface area contributed by atoms with Crippen LogP contribution in [0, 0.1) is 6.92 Å². The van der Waals surface area contributed by atoms with Gasteiger partial charge in [-0.25, -0.2) is 0 Å². The second kappa shape index (κ2) is 8.24. The number of hydrogen-bond acceptors (Lipinski definition) is 6. The van der Waals surface area contributed by atoms with E-state index in [1.165, 1.54) is 0 Å². The van der Waals surface area contributed by atoms with Crippen molar-refractivity contribution in [2.45, 2.75) is 13.0 Å². The van der Waals surface area contributed by atoms with Crippen molar-refractivity contribution in [3.8, 4) is 22.6 Å². The molecule has 0 fully saturated rings. The molecule has 0 saturated heterocycles. The summed E-state index contributed by atoms with van der Waals surface area (Å²) in [6.45, 7) is 1.63. The van der Waals surface area contributed by atoms with Crippen LogP contribution in [0.3, 0.4) is 0 Å². The molecule has 1 aromatic carbocycles. The van der Waals surface area contributed by atoms with E-state index in [4.69, 9.17) is 20.5 Å². The topological polar surface area (TPSA) is 88.5 Å². The van der Waals surface area contributed by atoms with Crippen LogP contribution in [-0.4, -0.2) is 22.7 Å². The Hall–Kier alpha value is -2.87. The first-order valence-corrected chi connectivity index (χ1v) is 10.2. The van der Waals surface area contributed by atoms with Gasteiger partial charge in [-0.3, -0.25) is 4.79 Å². The van der Waals surface area contributed by atoms with E-state index in [0.29, 0.717) is 33.6 Å². The number of furan rings is 1. The third kappa shape index (κ3) is 3.98. The van der Waals surface area contributed by atoms with E-state index in [2.05, 4.69) is 10.5 Å². The Balaban J connectivity index is 1.48. The molecule has 4 aromatic rings. The number of hydrogen-bond donors (Lipinski definition) is 2. The van der Waals surface area contributed by atoms with Gasteiger partial charge in [0.25, 0.3) is 5.91 Å². The largest absolute Gasteiger partial charge is 0.458 e. The van der Waals surface area contributed by atoms with Gasteiger partial charge in [-0.1, -0.05) is 35.0 Å². The van der Waals surface area contributed by atoms with Crippen LogP contribution >= 0.6 is 22.9 Å². The van der Waals surface area contributed by atoms with Crippen LogP contribution < -0.4 is 5.32 Å². The number of halogens is 1. The minimum atomic E-state index is -0.990. The molecule has 0 aliphatic carbocycles. The molecule has 0 radical (unpaired) electrons. The average molecular weight is 429 g/mol. The predicted molar refractivity (Wildman–Crippen MR) is 111 cm³/mol. The summed E-state index contributed by atoms with van der Waals surface area (Å²) in [5, 5.41) is 21.5. The zero-order chi connectivity index (χ0) is 20.4. The minimum Gasteiger partial charge on any atom is -0.458 e. The van der Waals surface area contributed by atoms with E-state index in [0.717, 1.165) is 5.56 Å². The molecule has 2 N–H and O–H groups in total. The number of aliphatic hydroxyl groups is 1. The van der Waals surface area contributed by atoms with Gasteiger partial charge in [0, 0.05) is 16.5 Å². The van der Waals surface area contributed by atoms with Gasteiger partial charge in [0.15, 0.2) is 0 Å². The number of aryl methyl sites for hydroxylation is 1. The number of amides is 1. The van der Waals surface area contributed by atoms with E-state index < -0.39 is 12.0 Å². The number of nitrogens with zero attached hydrogens (tertiary/aromatic N) is 1. The molecular weight excluding hydrogens is 412 g/mol. The molecule has 29 heavy (non-hydrogen) atoms. The monoisotopic (exact) mass is 428 g/mol. The van der Waals surface area contributed by atoms with E-state index in [1.807, 2.05) is 16.8 Å². The zero-order valence-electron chi connectivity index (χ0n) is 15.4. The molecule has 8 heteroatoms. The molecule has 0 spiro atoms. The molecule has 1 atom stereocenters. The fraction of sp³-hybridized carbons (Fsp3) is 0.143. The number of thiophene rings is 1. The zero-order valence-corrected chi connectivity index (χ0v) is 17.0.